The molecule has 0 aliphatic carbocycles. The maximum atomic E-state index is 13.0. The van der Waals surface area contributed by atoms with E-state index in [-0.39, 0.29) is 12.0 Å². The van der Waals surface area contributed by atoms with Crippen molar-refractivity contribution in [2.75, 3.05) is 19.7 Å². The van der Waals surface area contributed by atoms with Crippen molar-refractivity contribution in [3.05, 3.63) is 53.8 Å². The molecule has 122 valence electrons. The minimum Gasteiger partial charge on any atom is -0.366 e. The van der Waals surface area contributed by atoms with Gasteiger partial charge in [-0.2, -0.15) is 4.98 Å². The summed E-state index contributed by atoms with van der Waals surface area (Å²) in [6.07, 6.45) is 2.60. The van der Waals surface area contributed by atoms with Gasteiger partial charge in [-0.3, -0.25) is 9.78 Å². The highest BCUT2D eigenvalue weighted by Gasteiger charge is 2.29. The molecule has 0 N–H and O–H groups in total. The molecule has 24 heavy (non-hydrogen) atoms. The van der Waals surface area contributed by atoms with E-state index < -0.39 is 0 Å². The second kappa shape index (κ2) is 6.01. The maximum Gasteiger partial charge on any atom is 0.256 e. The Hall–Kier alpha value is -2.80. The van der Waals surface area contributed by atoms with Gasteiger partial charge in [-0.05, 0) is 24.6 Å². The summed E-state index contributed by atoms with van der Waals surface area (Å²) in [5, 5.41) is 4.80. The second-order valence-corrected chi connectivity index (χ2v) is 5.73. The van der Waals surface area contributed by atoms with E-state index in [1.807, 2.05) is 31.2 Å². The van der Waals surface area contributed by atoms with E-state index in [4.69, 9.17) is 9.26 Å². The number of ether oxygens (including phenoxy) is 1. The summed E-state index contributed by atoms with van der Waals surface area (Å²) in [6, 6.07) is 7.65. The Balaban J connectivity index is 1.65. The molecule has 1 atom stereocenters. The van der Waals surface area contributed by atoms with Gasteiger partial charge in [-0.1, -0.05) is 17.3 Å². The average molecular weight is 324 g/mol. The first-order chi connectivity index (χ1) is 11.7. The molecule has 0 saturated carbocycles. The normalized spacial score (nSPS) is 18.0. The predicted octanol–water partition coefficient (Wildman–Crippen LogP) is 2.14. The Kier molecular flexibility index (Phi) is 3.70. The third-order valence-corrected chi connectivity index (χ3v) is 4.24. The maximum absolute atomic E-state index is 13.0. The molecule has 1 fully saturated rings. The van der Waals surface area contributed by atoms with Crippen molar-refractivity contribution in [2.24, 2.45) is 0 Å². The van der Waals surface area contributed by atoms with Crippen LogP contribution in [0.3, 0.4) is 0 Å². The van der Waals surface area contributed by atoms with Crippen LogP contribution in [0.2, 0.25) is 0 Å². The van der Waals surface area contributed by atoms with Crippen molar-refractivity contribution in [2.45, 2.75) is 13.0 Å². The summed E-state index contributed by atoms with van der Waals surface area (Å²) in [7, 11) is 0. The van der Waals surface area contributed by atoms with Crippen LogP contribution in [0.15, 0.2) is 41.4 Å². The number of benzene rings is 1. The fourth-order valence-corrected chi connectivity index (χ4v) is 2.97. The first kappa shape index (κ1) is 14.8. The molecule has 0 spiro atoms. The van der Waals surface area contributed by atoms with E-state index in [0.717, 1.165) is 16.5 Å². The van der Waals surface area contributed by atoms with Crippen LogP contribution >= 0.6 is 0 Å². The van der Waals surface area contributed by atoms with Gasteiger partial charge in [0.25, 0.3) is 5.91 Å². The lowest BCUT2D eigenvalue weighted by Crippen LogP contribution is -2.42. The molecule has 1 unspecified atom stereocenters. The van der Waals surface area contributed by atoms with Gasteiger partial charge < -0.3 is 14.2 Å². The van der Waals surface area contributed by atoms with Gasteiger partial charge in [0.15, 0.2) is 0 Å². The molecule has 7 nitrogen and oxygen atoms in total. The van der Waals surface area contributed by atoms with Crippen LogP contribution in [0.5, 0.6) is 0 Å². The number of pyridine rings is 1. The summed E-state index contributed by atoms with van der Waals surface area (Å²) in [4.78, 5) is 23.2. The molecule has 3 aromatic rings. The molecule has 1 aliphatic rings. The van der Waals surface area contributed by atoms with Gasteiger partial charge in [0.1, 0.15) is 6.10 Å². The van der Waals surface area contributed by atoms with E-state index in [1.165, 1.54) is 6.39 Å². The van der Waals surface area contributed by atoms with Crippen molar-refractivity contribution in [1.29, 1.82) is 0 Å². The number of nitrogens with zero attached hydrogens (tertiary/aromatic N) is 4. The number of hydrogen-bond donors (Lipinski definition) is 0. The molecular weight excluding hydrogens is 308 g/mol. The minimum atomic E-state index is -0.369. The molecule has 1 saturated heterocycles. The smallest absolute Gasteiger partial charge is 0.256 e. The van der Waals surface area contributed by atoms with Gasteiger partial charge >= 0.3 is 0 Å². The van der Waals surface area contributed by atoms with Crippen molar-refractivity contribution >= 4 is 16.8 Å². The van der Waals surface area contributed by atoms with Crippen molar-refractivity contribution in [3.8, 4) is 0 Å². The fraction of sp³-hybridized carbons (Fsp3) is 0.294. The van der Waals surface area contributed by atoms with Crippen LogP contribution in [0, 0.1) is 6.92 Å². The van der Waals surface area contributed by atoms with Gasteiger partial charge in [0.2, 0.25) is 12.2 Å². The molecular formula is C17H16N4O3. The molecule has 1 aromatic carbocycles. The van der Waals surface area contributed by atoms with Gasteiger partial charge in [-0.25, -0.2) is 0 Å². The lowest BCUT2D eigenvalue weighted by molar-refractivity contribution is -0.0275. The van der Waals surface area contributed by atoms with Crippen LogP contribution < -0.4 is 0 Å². The quantitative estimate of drug-likeness (QED) is 0.718. The zero-order valence-corrected chi connectivity index (χ0v) is 13.2. The fourth-order valence-electron chi connectivity index (χ4n) is 2.97. The molecule has 0 bridgehead atoms. The van der Waals surface area contributed by atoms with E-state index in [2.05, 4.69) is 15.1 Å². The molecule has 1 amide bonds. The summed E-state index contributed by atoms with van der Waals surface area (Å²) >= 11 is 0. The van der Waals surface area contributed by atoms with Crippen LogP contribution in [0.25, 0.3) is 10.9 Å². The largest absolute Gasteiger partial charge is 0.366 e. The molecule has 1 aliphatic heterocycles. The van der Waals surface area contributed by atoms with Crippen LogP contribution in [0.4, 0.5) is 0 Å². The lowest BCUT2D eigenvalue weighted by Gasteiger charge is -2.31. The Labute approximate surface area is 138 Å². The molecule has 3 heterocycles. The topological polar surface area (TPSA) is 81.4 Å². The van der Waals surface area contributed by atoms with Gasteiger partial charge in [0, 0.05) is 18.1 Å². The highest BCUT2D eigenvalue weighted by atomic mass is 16.5. The first-order valence-corrected chi connectivity index (χ1v) is 7.75. The minimum absolute atomic E-state index is 0.0597. The monoisotopic (exact) mass is 324 g/mol. The highest BCUT2D eigenvalue weighted by Crippen LogP contribution is 2.24. The average Bonchev–Trinajstić information content (AvgIpc) is 3.17. The predicted molar refractivity (Wildman–Crippen MR) is 85.4 cm³/mol. The number of carbonyl (C=O) groups excluding carboxylic acids is 1. The summed E-state index contributed by atoms with van der Waals surface area (Å²) in [5.41, 5.74) is 2.43. The Bertz CT molecular complexity index is 879. The molecule has 2 aromatic heterocycles. The Morgan fingerprint density at radius 3 is 3.04 bits per heavy atom. The Morgan fingerprint density at radius 2 is 2.21 bits per heavy atom. The summed E-state index contributed by atoms with van der Waals surface area (Å²) < 4.78 is 10.4. The highest BCUT2D eigenvalue weighted by molar-refractivity contribution is 6.06. The SMILES string of the molecule is Cc1ccc(C(=O)N2CCOC(c3ncon3)C2)c2ncccc12. The first-order valence-electron chi connectivity index (χ1n) is 7.75. The number of hydrogen-bond acceptors (Lipinski definition) is 6. The molecule has 0 radical (unpaired) electrons. The zero-order valence-electron chi connectivity index (χ0n) is 13.2. The standard InChI is InChI=1S/C17H16N4O3/c1-11-4-5-13(15-12(11)3-2-6-18-15)17(22)21-7-8-23-14(9-21)16-19-10-24-20-16/h2-6,10,14H,7-9H2,1H3. The van der Waals surface area contributed by atoms with E-state index in [9.17, 15) is 4.79 Å². The van der Waals surface area contributed by atoms with E-state index in [0.29, 0.717) is 31.1 Å². The van der Waals surface area contributed by atoms with Crippen LogP contribution in [-0.2, 0) is 4.74 Å². The lowest BCUT2D eigenvalue weighted by atomic mass is 10.0. The molecule has 7 heteroatoms. The number of aryl methyl sites for hydroxylation is 1. The number of rotatable bonds is 2. The number of morpholine rings is 1. The van der Waals surface area contributed by atoms with Crippen molar-refractivity contribution in [3.63, 3.8) is 0 Å². The van der Waals surface area contributed by atoms with Crippen molar-refractivity contribution in [1.82, 2.24) is 20.0 Å². The third-order valence-electron chi connectivity index (χ3n) is 4.24. The van der Waals surface area contributed by atoms with Crippen LogP contribution in [-0.4, -0.2) is 45.6 Å². The zero-order chi connectivity index (χ0) is 16.5. The van der Waals surface area contributed by atoms with Crippen molar-refractivity contribution < 1.29 is 14.1 Å². The second-order valence-electron chi connectivity index (χ2n) is 5.73. The third kappa shape index (κ3) is 2.52. The van der Waals surface area contributed by atoms with Gasteiger partial charge in [0.05, 0.1) is 24.2 Å². The molecule has 4 rings (SSSR count). The van der Waals surface area contributed by atoms with Gasteiger partial charge in [-0.15, -0.1) is 0 Å². The number of fused-ring (bicyclic) bond motifs is 1. The van der Waals surface area contributed by atoms with E-state index in [1.54, 1.807) is 11.1 Å². The Morgan fingerprint density at radius 1 is 1.29 bits per heavy atom. The number of amides is 1. The summed E-state index contributed by atoms with van der Waals surface area (Å²) in [6.45, 7) is 3.36. The summed E-state index contributed by atoms with van der Waals surface area (Å²) in [5.74, 6) is 0.398. The van der Waals surface area contributed by atoms with E-state index >= 15 is 0 Å². The number of carbonyl (C=O) groups is 1. The van der Waals surface area contributed by atoms with Crippen LogP contribution in [0.1, 0.15) is 27.8 Å². The number of aromatic nitrogens is 3.